The van der Waals surface area contributed by atoms with Crippen molar-refractivity contribution in [3.8, 4) is 5.69 Å². The summed E-state index contributed by atoms with van der Waals surface area (Å²) in [6.45, 7) is 5.11. The quantitative estimate of drug-likeness (QED) is 0.152. The lowest BCUT2D eigenvalue weighted by Crippen LogP contribution is -2.72. The third-order valence-corrected chi connectivity index (χ3v) is 20.2. The van der Waals surface area contributed by atoms with Crippen LogP contribution >= 0.6 is 0 Å². The minimum Gasteiger partial charge on any atom is -0.330 e. The standard InChI is InChI=1S/C67H49N5Si/c1-46-22-3-2-4-23-47-24-5-13-34-59(47)70(46)73(71-64-38-17-9-29-53(64)54-30-10-18-39-65(54)71,72-66-40-19-11-31-55(66)56-32-12-20-41-67(56)72)50-26-21-25-48(44-50)68-62-37-16-8-33-57(62)58-45-49(42-43-63(58)68)69-60-35-14-6-27-51(60)52-28-7-15-36-61(52)69/h2-22,24-41,44-45H,1,23,42-43H2/b4-2-,22-3-. The molecule has 0 saturated carbocycles. The van der Waals surface area contributed by atoms with E-state index in [-0.39, 0.29) is 0 Å². The largest absolute Gasteiger partial charge is 0.428 e. The molecule has 9 aromatic carbocycles. The molecule has 0 bridgehead atoms. The molecule has 13 aromatic rings. The number of benzene rings is 9. The molecule has 5 heterocycles. The number of nitrogens with zero attached hydrogens (tertiary/aromatic N) is 5. The fourth-order valence-corrected chi connectivity index (χ4v) is 18.1. The van der Waals surface area contributed by atoms with Crippen molar-refractivity contribution in [1.29, 1.82) is 0 Å². The van der Waals surface area contributed by atoms with Crippen LogP contribution in [0.3, 0.4) is 0 Å². The third kappa shape index (κ3) is 5.96. The van der Waals surface area contributed by atoms with Crippen LogP contribution in [0.1, 0.15) is 23.2 Å². The lowest BCUT2D eigenvalue weighted by atomic mass is 9.99. The first-order valence-corrected chi connectivity index (χ1v) is 27.3. The van der Waals surface area contributed by atoms with Gasteiger partial charge in [0.1, 0.15) is 0 Å². The third-order valence-electron chi connectivity index (χ3n) is 15.8. The van der Waals surface area contributed by atoms with Crippen LogP contribution in [0.25, 0.3) is 93.8 Å². The normalized spacial score (nSPS) is 15.0. The minimum atomic E-state index is -3.85. The van der Waals surface area contributed by atoms with Crippen molar-refractivity contribution in [2.24, 2.45) is 0 Å². The fourth-order valence-electron chi connectivity index (χ4n) is 12.9. The predicted molar refractivity (Wildman–Crippen MR) is 310 cm³/mol. The van der Waals surface area contributed by atoms with Crippen molar-refractivity contribution in [1.82, 2.24) is 17.6 Å². The van der Waals surface area contributed by atoms with Crippen molar-refractivity contribution >= 4 is 108 Å². The molecule has 1 aliphatic carbocycles. The minimum absolute atomic E-state index is 0.779. The van der Waals surface area contributed by atoms with Gasteiger partial charge < -0.3 is 22.2 Å². The van der Waals surface area contributed by atoms with Gasteiger partial charge in [0.05, 0.1) is 16.6 Å². The Kier molecular flexibility index (Phi) is 9.25. The summed E-state index contributed by atoms with van der Waals surface area (Å²) in [7, 11) is -3.85. The van der Waals surface area contributed by atoms with Crippen LogP contribution in [0.4, 0.5) is 5.69 Å². The number of rotatable bonds is 6. The average molecular weight is 952 g/mol. The van der Waals surface area contributed by atoms with E-state index < -0.39 is 8.56 Å². The number of para-hydroxylation sites is 8. The summed E-state index contributed by atoms with van der Waals surface area (Å²) < 4.78 is 13.3. The van der Waals surface area contributed by atoms with Gasteiger partial charge in [-0.15, -0.1) is 0 Å². The second-order valence-corrected chi connectivity index (χ2v) is 22.8. The molecule has 5 nitrogen and oxygen atoms in total. The molecule has 346 valence electrons. The van der Waals surface area contributed by atoms with Gasteiger partial charge in [-0.05, 0) is 97.6 Å². The molecule has 0 fully saturated rings. The van der Waals surface area contributed by atoms with Gasteiger partial charge >= 0.3 is 8.56 Å². The predicted octanol–water partition coefficient (Wildman–Crippen LogP) is 15.8. The van der Waals surface area contributed by atoms with Gasteiger partial charge in [-0.25, -0.2) is 0 Å². The topological polar surface area (TPSA) is 23.0 Å². The maximum atomic E-state index is 5.11. The molecule has 6 heteroatoms. The molecule has 0 atom stereocenters. The van der Waals surface area contributed by atoms with E-state index in [1.165, 1.54) is 104 Å². The smallest absolute Gasteiger partial charge is 0.330 e. The summed E-state index contributed by atoms with van der Waals surface area (Å²) in [4.78, 5) is 0. The first kappa shape index (κ1) is 41.7. The van der Waals surface area contributed by atoms with Crippen molar-refractivity contribution in [2.75, 3.05) is 4.57 Å². The van der Waals surface area contributed by atoms with Gasteiger partial charge in [0.2, 0.25) is 0 Å². The Labute approximate surface area is 424 Å². The highest BCUT2D eigenvalue weighted by molar-refractivity contribution is 6.95. The van der Waals surface area contributed by atoms with Crippen LogP contribution in [0.5, 0.6) is 0 Å². The number of hydrogen-bond donors (Lipinski definition) is 0. The SMILES string of the molecule is C=C1/C=C\C=C/Cc2ccccc2N1[Si](c1cccc(-n2c3c(c4ccccc42)C=C(n2c4ccccc4c4ccccc42)CC3)c1)(n1c2ccccc2c2ccccc21)n1c2ccccc2c2ccccc21. The zero-order valence-electron chi connectivity index (χ0n) is 40.2. The summed E-state index contributed by atoms with van der Waals surface area (Å²) in [6, 6.07) is 81.6. The maximum absolute atomic E-state index is 5.11. The first-order valence-electron chi connectivity index (χ1n) is 25.5. The van der Waals surface area contributed by atoms with E-state index in [1.54, 1.807) is 0 Å². The molecule has 0 unspecified atom stereocenters. The van der Waals surface area contributed by atoms with Crippen LogP contribution in [-0.2, 0) is 12.8 Å². The number of allylic oxidation sites excluding steroid dienone is 5. The van der Waals surface area contributed by atoms with E-state index in [1.807, 2.05) is 0 Å². The molecule has 73 heavy (non-hydrogen) atoms. The van der Waals surface area contributed by atoms with Crippen LogP contribution in [-0.4, -0.2) is 26.2 Å². The molecule has 0 amide bonds. The van der Waals surface area contributed by atoms with Crippen molar-refractivity contribution in [3.05, 3.63) is 272 Å². The molecule has 0 N–H and O–H groups in total. The van der Waals surface area contributed by atoms with Gasteiger partial charge in [0, 0.05) is 99.0 Å². The van der Waals surface area contributed by atoms with E-state index in [9.17, 15) is 0 Å². The summed E-state index contributed by atoms with van der Waals surface area (Å²) >= 11 is 0. The second-order valence-electron chi connectivity index (χ2n) is 19.6. The van der Waals surface area contributed by atoms with Crippen molar-refractivity contribution in [3.63, 3.8) is 0 Å². The molecule has 0 spiro atoms. The fraction of sp³-hybridized carbons (Fsp3) is 0.0448. The number of hydrogen-bond acceptors (Lipinski definition) is 1. The Morgan fingerprint density at radius 2 is 0.877 bits per heavy atom. The van der Waals surface area contributed by atoms with Crippen LogP contribution in [0, 0.1) is 0 Å². The maximum Gasteiger partial charge on any atom is 0.428 e. The van der Waals surface area contributed by atoms with E-state index >= 15 is 0 Å². The molecule has 1 aliphatic heterocycles. The Hall–Kier alpha value is -9.10. The molecular weight excluding hydrogens is 903 g/mol. The second kappa shape index (κ2) is 16.2. The van der Waals surface area contributed by atoms with E-state index in [2.05, 4.69) is 271 Å². The highest BCUT2D eigenvalue weighted by Crippen LogP contribution is 2.44. The lowest BCUT2D eigenvalue weighted by molar-refractivity contribution is 0.873. The lowest BCUT2D eigenvalue weighted by Gasteiger charge is -2.47. The molecule has 4 aromatic heterocycles. The van der Waals surface area contributed by atoms with Crippen molar-refractivity contribution < 1.29 is 0 Å². The van der Waals surface area contributed by atoms with E-state index in [0.717, 1.165) is 36.3 Å². The van der Waals surface area contributed by atoms with Crippen LogP contribution in [0.2, 0.25) is 0 Å². The summed E-state index contributed by atoms with van der Waals surface area (Å²) in [6.07, 6.45) is 13.9. The molecule has 0 radical (unpaired) electrons. The van der Waals surface area contributed by atoms with E-state index in [4.69, 9.17) is 6.58 Å². The van der Waals surface area contributed by atoms with Gasteiger partial charge in [-0.2, -0.15) is 0 Å². The van der Waals surface area contributed by atoms with Crippen LogP contribution in [0.15, 0.2) is 255 Å². The van der Waals surface area contributed by atoms with E-state index in [0.29, 0.717) is 0 Å². The van der Waals surface area contributed by atoms with Crippen molar-refractivity contribution in [2.45, 2.75) is 19.3 Å². The van der Waals surface area contributed by atoms with Gasteiger partial charge in [0.15, 0.2) is 0 Å². The molecule has 15 rings (SSSR count). The monoisotopic (exact) mass is 951 g/mol. The van der Waals surface area contributed by atoms with Gasteiger partial charge in [-0.3, -0.25) is 0 Å². The molecule has 2 aliphatic rings. The summed E-state index contributed by atoms with van der Waals surface area (Å²) in [5, 5.41) is 9.96. The molecule has 0 saturated heterocycles. The zero-order valence-corrected chi connectivity index (χ0v) is 41.2. The Balaban J connectivity index is 1.09. The number of aromatic nitrogens is 4. The highest BCUT2D eigenvalue weighted by Gasteiger charge is 2.53. The Bertz CT molecular complexity index is 4250. The summed E-state index contributed by atoms with van der Waals surface area (Å²) in [5.74, 6) is 0. The van der Waals surface area contributed by atoms with Gasteiger partial charge in [0.25, 0.3) is 0 Å². The first-order chi connectivity index (χ1) is 36.2. The van der Waals surface area contributed by atoms with Gasteiger partial charge in [-0.1, -0.05) is 183 Å². The number of fused-ring (bicyclic) bond motifs is 13. The Morgan fingerprint density at radius 3 is 1.44 bits per heavy atom. The number of anilines is 1. The highest BCUT2D eigenvalue weighted by atomic mass is 28.4. The van der Waals surface area contributed by atoms with Crippen LogP contribution < -0.4 is 9.75 Å². The average Bonchev–Trinajstić information content (AvgIpc) is 4.25. The Morgan fingerprint density at radius 1 is 0.411 bits per heavy atom. The summed E-state index contributed by atoms with van der Waals surface area (Å²) in [5.41, 5.74) is 16.8. The molecular formula is C67H49N5Si. The zero-order chi connectivity index (χ0) is 48.2.